The molecule has 0 spiro atoms. The lowest BCUT2D eigenvalue weighted by Crippen LogP contribution is -2.16. The molecule has 0 saturated carbocycles. The number of hydrogen-bond acceptors (Lipinski definition) is 3. The van der Waals surface area contributed by atoms with Gasteiger partial charge in [-0.3, -0.25) is 4.79 Å². The molecule has 18 heavy (non-hydrogen) atoms. The second kappa shape index (κ2) is 5.98. The van der Waals surface area contributed by atoms with Crippen LogP contribution in [-0.2, 0) is 4.79 Å². The number of amides is 1. The van der Waals surface area contributed by atoms with Crippen molar-refractivity contribution in [1.82, 2.24) is 0 Å². The predicted octanol–water partition coefficient (Wildman–Crippen LogP) is 3.36. The fourth-order valence-electron chi connectivity index (χ4n) is 1.85. The Morgan fingerprint density at radius 1 is 1.44 bits per heavy atom. The number of fused-ring (bicyclic) bond motifs is 1. The van der Waals surface area contributed by atoms with Gasteiger partial charge in [-0.2, -0.15) is 0 Å². The van der Waals surface area contributed by atoms with Crippen LogP contribution in [0.15, 0.2) is 29.6 Å². The molecule has 0 aliphatic heterocycles. The summed E-state index contributed by atoms with van der Waals surface area (Å²) in [5.74, 6) is 0.0604. The fourth-order valence-corrected chi connectivity index (χ4v) is 2.62. The molecule has 4 heteroatoms. The Balaban J connectivity index is 1.90. The molecule has 1 heterocycles. The van der Waals surface area contributed by atoms with Crippen molar-refractivity contribution in [3.05, 3.63) is 29.6 Å². The number of hydrogen-bond donors (Lipinski definition) is 2. The van der Waals surface area contributed by atoms with Crippen molar-refractivity contribution in [3.8, 4) is 0 Å². The first-order valence-electron chi connectivity index (χ1n) is 6.18. The summed E-state index contributed by atoms with van der Waals surface area (Å²) < 4.78 is 1.24. The van der Waals surface area contributed by atoms with Crippen molar-refractivity contribution >= 4 is 33.0 Å². The number of nitrogens with two attached hydrogens (primary N) is 1. The van der Waals surface area contributed by atoms with Crippen molar-refractivity contribution in [2.75, 3.05) is 5.32 Å². The van der Waals surface area contributed by atoms with Crippen LogP contribution in [0.2, 0.25) is 0 Å². The Hall–Kier alpha value is -1.39. The standard InChI is InChI=1S/C14H18N2OS/c1-10(15)3-2-4-14(17)16-12-5-6-13-11(9-12)7-8-18-13/h5-10H,2-4,15H2,1H3,(H,16,17). The van der Waals surface area contributed by atoms with Gasteiger partial charge in [-0.15, -0.1) is 11.3 Å². The number of carbonyl (C=O) groups is 1. The van der Waals surface area contributed by atoms with E-state index < -0.39 is 0 Å². The molecule has 2 rings (SSSR count). The van der Waals surface area contributed by atoms with E-state index in [2.05, 4.69) is 16.8 Å². The molecule has 0 fully saturated rings. The first-order valence-corrected chi connectivity index (χ1v) is 7.06. The molecular formula is C14H18N2OS. The molecule has 1 unspecified atom stereocenters. The third kappa shape index (κ3) is 3.55. The number of carbonyl (C=O) groups excluding carboxylic acids is 1. The molecule has 1 atom stereocenters. The summed E-state index contributed by atoms with van der Waals surface area (Å²) in [5.41, 5.74) is 6.52. The maximum atomic E-state index is 11.7. The largest absolute Gasteiger partial charge is 0.328 e. The van der Waals surface area contributed by atoms with Gasteiger partial charge in [0.1, 0.15) is 0 Å². The van der Waals surface area contributed by atoms with Crippen LogP contribution in [0.3, 0.4) is 0 Å². The molecule has 1 amide bonds. The summed E-state index contributed by atoms with van der Waals surface area (Å²) >= 11 is 1.71. The van der Waals surface area contributed by atoms with Gasteiger partial charge in [0, 0.05) is 22.8 Å². The number of rotatable bonds is 5. The van der Waals surface area contributed by atoms with E-state index in [-0.39, 0.29) is 11.9 Å². The summed E-state index contributed by atoms with van der Waals surface area (Å²) in [7, 11) is 0. The first kappa shape index (κ1) is 13.1. The lowest BCUT2D eigenvalue weighted by atomic mass is 10.1. The Morgan fingerprint density at radius 2 is 2.28 bits per heavy atom. The summed E-state index contributed by atoms with van der Waals surface area (Å²) in [6.07, 6.45) is 2.25. The minimum absolute atomic E-state index is 0.0604. The van der Waals surface area contributed by atoms with E-state index in [0.29, 0.717) is 6.42 Å². The molecule has 1 aromatic heterocycles. The van der Waals surface area contributed by atoms with Crippen molar-refractivity contribution in [2.45, 2.75) is 32.2 Å². The molecule has 3 N–H and O–H groups in total. The molecule has 0 aliphatic carbocycles. The lowest BCUT2D eigenvalue weighted by molar-refractivity contribution is -0.116. The smallest absolute Gasteiger partial charge is 0.224 e. The third-order valence-electron chi connectivity index (χ3n) is 2.80. The van der Waals surface area contributed by atoms with E-state index in [1.165, 1.54) is 10.1 Å². The van der Waals surface area contributed by atoms with Gasteiger partial charge in [0.15, 0.2) is 0 Å². The summed E-state index contributed by atoms with van der Waals surface area (Å²) in [6.45, 7) is 1.96. The van der Waals surface area contributed by atoms with Gasteiger partial charge in [-0.1, -0.05) is 0 Å². The van der Waals surface area contributed by atoms with Crippen molar-refractivity contribution in [2.24, 2.45) is 5.73 Å². The zero-order valence-electron chi connectivity index (χ0n) is 10.5. The fraction of sp³-hybridized carbons (Fsp3) is 0.357. The van der Waals surface area contributed by atoms with Gasteiger partial charge in [-0.25, -0.2) is 0 Å². The highest BCUT2D eigenvalue weighted by atomic mass is 32.1. The van der Waals surface area contributed by atoms with E-state index >= 15 is 0 Å². The van der Waals surface area contributed by atoms with Crippen molar-refractivity contribution < 1.29 is 4.79 Å². The third-order valence-corrected chi connectivity index (χ3v) is 3.70. The van der Waals surface area contributed by atoms with Crippen LogP contribution in [-0.4, -0.2) is 11.9 Å². The molecule has 0 bridgehead atoms. The molecule has 96 valence electrons. The second-order valence-corrected chi connectivity index (χ2v) is 5.54. The van der Waals surface area contributed by atoms with E-state index in [0.717, 1.165) is 18.5 Å². The molecule has 1 aromatic carbocycles. The number of benzene rings is 1. The van der Waals surface area contributed by atoms with Gasteiger partial charge in [0.05, 0.1) is 0 Å². The first-order chi connectivity index (χ1) is 8.65. The number of nitrogens with one attached hydrogen (secondary N) is 1. The zero-order chi connectivity index (χ0) is 13.0. The van der Waals surface area contributed by atoms with Crippen LogP contribution in [0, 0.1) is 0 Å². The van der Waals surface area contributed by atoms with Crippen molar-refractivity contribution in [3.63, 3.8) is 0 Å². The molecule has 0 saturated heterocycles. The highest BCUT2D eigenvalue weighted by molar-refractivity contribution is 7.17. The lowest BCUT2D eigenvalue weighted by Gasteiger charge is -2.06. The van der Waals surface area contributed by atoms with E-state index in [1.54, 1.807) is 11.3 Å². The number of thiophene rings is 1. The van der Waals surface area contributed by atoms with Gasteiger partial charge in [0.25, 0.3) is 0 Å². The van der Waals surface area contributed by atoms with Crippen LogP contribution in [0.1, 0.15) is 26.2 Å². The van der Waals surface area contributed by atoms with Gasteiger partial charge in [0.2, 0.25) is 5.91 Å². The minimum atomic E-state index is 0.0604. The normalized spacial score (nSPS) is 12.6. The molecule has 0 radical (unpaired) electrons. The van der Waals surface area contributed by atoms with Gasteiger partial charge in [-0.05, 0) is 54.8 Å². The average molecular weight is 262 g/mol. The Labute approximate surface area is 111 Å². The van der Waals surface area contributed by atoms with Crippen LogP contribution >= 0.6 is 11.3 Å². The molecule has 0 aliphatic rings. The van der Waals surface area contributed by atoms with Crippen LogP contribution in [0.4, 0.5) is 5.69 Å². The Kier molecular flexibility index (Phi) is 4.33. The maximum absolute atomic E-state index is 11.7. The molecular weight excluding hydrogens is 244 g/mol. The van der Waals surface area contributed by atoms with Crippen LogP contribution in [0.5, 0.6) is 0 Å². The minimum Gasteiger partial charge on any atom is -0.328 e. The topological polar surface area (TPSA) is 55.1 Å². The second-order valence-electron chi connectivity index (χ2n) is 4.59. The van der Waals surface area contributed by atoms with E-state index in [4.69, 9.17) is 5.73 Å². The molecule has 2 aromatic rings. The van der Waals surface area contributed by atoms with E-state index in [9.17, 15) is 4.79 Å². The summed E-state index contributed by atoms with van der Waals surface area (Å²) in [5, 5.41) is 6.15. The SMILES string of the molecule is CC(N)CCCC(=O)Nc1ccc2sccc2c1. The summed E-state index contributed by atoms with van der Waals surface area (Å²) in [4.78, 5) is 11.7. The average Bonchev–Trinajstić information content (AvgIpc) is 2.75. The van der Waals surface area contributed by atoms with Crippen LogP contribution in [0.25, 0.3) is 10.1 Å². The zero-order valence-corrected chi connectivity index (χ0v) is 11.3. The van der Waals surface area contributed by atoms with Crippen molar-refractivity contribution in [1.29, 1.82) is 0 Å². The van der Waals surface area contributed by atoms with Crippen LogP contribution < -0.4 is 11.1 Å². The Bertz CT molecular complexity index is 533. The van der Waals surface area contributed by atoms with E-state index in [1.807, 2.05) is 25.1 Å². The molecule has 3 nitrogen and oxygen atoms in total. The monoisotopic (exact) mass is 262 g/mol. The quantitative estimate of drug-likeness (QED) is 0.868. The van der Waals surface area contributed by atoms with Gasteiger partial charge < -0.3 is 11.1 Å². The van der Waals surface area contributed by atoms with Gasteiger partial charge >= 0.3 is 0 Å². The maximum Gasteiger partial charge on any atom is 0.224 e. The highest BCUT2D eigenvalue weighted by Crippen LogP contribution is 2.24. The Morgan fingerprint density at radius 3 is 3.06 bits per heavy atom. The summed E-state index contributed by atoms with van der Waals surface area (Å²) in [6, 6.07) is 8.22. The highest BCUT2D eigenvalue weighted by Gasteiger charge is 2.04. The number of anilines is 1. The predicted molar refractivity (Wildman–Crippen MR) is 78.0 cm³/mol.